The highest BCUT2D eigenvalue weighted by molar-refractivity contribution is 5.71. The van der Waals surface area contributed by atoms with E-state index in [1.807, 2.05) is 0 Å². The van der Waals surface area contributed by atoms with Gasteiger partial charge in [0, 0.05) is 6.20 Å². The third kappa shape index (κ3) is 2.15. The summed E-state index contributed by atoms with van der Waals surface area (Å²) >= 11 is 0. The van der Waals surface area contributed by atoms with Crippen molar-refractivity contribution < 1.29 is 22.7 Å². The van der Waals surface area contributed by atoms with E-state index in [0.29, 0.717) is 11.4 Å². The highest BCUT2D eigenvalue weighted by Crippen LogP contribution is 2.21. The summed E-state index contributed by atoms with van der Waals surface area (Å²) in [6, 6.07) is 0. The second-order valence-electron chi connectivity index (χ2n) is 3.02. The molecule has 1 N–H and O–H groups in total. The Morgan fingerprint density at radius 3 is 3.00 bits per heavy atom. The highest BCUT2D eigenvalue weighted by Gasteiger charge is 2.36. The van der Waals surface area contributed by atoms with E-state index in [2.05, 4.69) is 14.7 Å². The molecule has 1 aromatic heterocycles. The Balaban J connectivity index is 2.06. The number of halogens is 3. The van der Waals surface area contributed by atoms with Crippen molar-refractivity contribution in [3.8, 4) is 0 Å². The number of aromatic nitrogens is 2. The van der Waals surface area contributed by atoms with Gasteiger partial charge in [0.15, 0.2) is 0 Å². The van der Waals surface area contributed by atoms with Crippen molar-refractivity contribution in [3.05, 3.63) is 23.9 Å². The quantitative estimate of drug-likeness (QED) is 0.743. The number of rotatable bonds is 0. The van der Waals surface area contributed by atoms with Crippen LogP contribution >= 0.6 is 0 Å². The van der Waals surface area contributed by atoms with Crippen LogP contribution < -0.4 is 0 Å². The van der Waals surface area contributed by atoms with Crippen LogP contribution in [0.2, 0.25) is 0 Å². The number of carbonyl (C=O) groups excluding carboxylic acids is 1. The van der Waals surface area contributed by atoms with Gasteiger partial charge in [-0.2, -0.15) is 0 Å². The van der Waals surface area contributed by atoms with Crippen molar-refractivity contribution in [2.24, 2.45) is 0 Å². The number of hydrogen-bond acceptors (Lipinski definition) is 3. The fraction of sp³-hybridized carbons (Fsp3) is 0.250. The van der Waals surface area contributed by atoms with Crippen LogP contribution in [0.25, 0.3) is 6.08 Å². The Morgan fingerprint density at radius 2 is 2.31 bits per heavy atom. The molecule has 0 aromatic carbocycles. The van der Waals surface area contributed by atoms with Crippen LogP contribution in [0.15, 0.2) is 12.5 Å². The molecule has 1 aliphatic heterocycles. The third-order valence-electron chi connectivity index (χ3n) is 1.93. The van der Waals surface area contributed by atoms with Gasteiger partial charge >= 0.3 is 12.5 Å². The summed E-state index contributed by atoms with van der Waals surface area (Å²) in [5.74, 6) is 0. The van der Waals surface area contributed by atoms with Crippen LogP contribution in [0.4, 0.5) is 18.0 Å². The van der Waals surface area contributed by atoms with Crippen molar-refractivity contribution >= 4 is 12.2 Å². The van der Waals surface area contributed by atoms with E-state index in [9.17, 15) is 18.0 Å². The number of nitrogens with one attached hydrogen (secondary N) is 1. The predicted molar refractivity (Wildman–Crippen MR) is 45.7 cm³/mol. The van der Waals surface area contributed by atoms with Crippen molar-refractivity contribution in [3.63, 3.8) is 0 Å². The summed E-state index contributed by atoms with van der Waals surface area (Å²) in [5, 5.41) is 0. The summed E-state index contributed by atoms with van der Waals surface area (Å²) in [5.41, 5.74) is 1.15. The SMILES string of the molecule is O=C(OC(F)(F)F)N1C=Cc2nc[nH]c2C1. The molecular weight excluding hydrogens is 227 g/mol. The molecule has 0 radical (unpaired) electrons. The van der Waals surface area contributed by atoms with E-state index in [0.717, 1.165) is 4.90 Å². The molecule has 2 rings (SSSR count). The molecule has 1 amide bonds. The van der Waals surface area contributed by atoms with Crippen LogP contribution in [0, 0.1) is 0 Å². The maximum Gasteiger partial charge on any atom is 0.576 e. The van der Waals surface area contributed by atoms with Crippen LogP contribution in [-0.4, -0.2) is 27.3 Å². The van der Waals surface area contributed by atoms with Crippen molar-refractivity contribution in [2.75, 3.05) is 0 Å². The van der Waals surface area contributed by atoms with Crippen molar-refractivity contribution in [2.45, 2.75) is 12.9 Å². The minimum Gasteiger partial charge on any atom is -0.356 e. The Labute approximate surface area is 87.5 Å². The molecule has 0 saturated heterocycles. The number of nitrogens with zero attached hydrogens (tertiary/aromatic N) is 2. The van der Waals surface area contributed by atoms with E-state index in [4.69, 9.17) is 0 Å². The Hall–Kier alpha value is -1.99. The minimum absolute atomic E-state index is 0.0270. The number of aromatic amines is 1. The summed E-state index contributed by atoms with van der Waals surface area (Å²) in [6.45, 7) is -0.0270. The average molecular weight is 233 g/mol. The minimum atomic E-state index is -4.97. The third-order valence-corrected chi connectivity index (χ3v) is 1.93. The largest absolute Gasteiger partial charge is 0.576 e. The predicted octanol–water partition coefficient (Wildman–Crippen LogP) is 1.85. The van der Waals surface area contributed by atoms with Crippen LogP contribution in [0.5, 0.6) is 0 Å². The maximum absolute atomic E-state index is 11.8. The summed E-state index contributed by atoms with van der Waals surface area (Å²) in [6.07, 6.45) is -2.43. The van der Waals surface area contributed by atoms with Gasteiger partial charge < -0.3 is 9.72 Å². The van der Waals surface area contributed by atoms with Gasteiger partial charge in [0.05, 0.1) is 24.3 Å². The lowest BCUT2D eigenvalue weighted by molar-refractivity contribution is -0.294. The summed E-state index contributed by atoms with van der Waals surface area (Å²) in [4.78, 5) is 18.4. The maximum atomic E-state index is 11.8. The van der Waals surface area contributed by atoms with E-state index < -0.39 is 12.5 Å². The number of amides is 1. The lowest BCUT2D eigenvalue weighted by Gasteiger charge is -2.20. The van der Waals surface area contributed by atoms with Gasteiger partial charge in [0.1, 0.15) is 0 Å². The van der Waals surface area contributed by atoms with Gasteiger partial charge in [0.2, 0.25) is 0 Å². The zero-order valence-electron chi connectivity index (χ0n) is 7.78. The first-order chi connectivity index (χ1) is 7.46. The molecule has 0 aliphatic carbocycles. The van der Waals surface area contributed by atoms with Crippen LogP contribution in [0.3, 0.4) is 0 Å². The number of hydrogen-bond donors (Lipinski definition) is 1. The van der Waals surface area contributed by atoms with Crippen LogP contribution in [-0.2, 0) is 11.3 Å². The standard InChI is InChI=1S/C8H6F3N3O2/c9-8(10,11)16-7(15)14-2-1-5-6(3-14)13-4-12-5/h1-2,4H,3H2,(H,12,13). The van der Waals surface area contributed by atoms with E-state index >= 15 is 0 Å². The molecular formula is C8H6F3N3O2. The van der Waals surface area contributed by atoms with Crippen LogP contribution in [0.1, 0.15) is 11.4 Å². The zero-order valence-corrected chi connectivity index (χ0v) is 7.78. The molecule has 2 heterocycles. The number of alkyl halides is 3. The van der Waals surface area contributed by atoms with E-state index in [1.165, 1.54) is 18.6 Å². The normalized spacial score (nSPS) is 14.8. The first kappa shape index (κ1) is 10.5. The number of imidazole rings is 1. The van der Waals surface area contributed by atoms with Gasteiger partial charge in [-0.3, -0.25) is 4.90 Å². The van der Waals surface area contributed by atoms with Gasteiger partial charge in [-0.25, -0.2) is 9.78 Å². The Bertz CT molecular complexity index is 438. The van der Waals surface area contributed by atoms with E-state index in [1.54, 1.807) is 0 Å². The molecule has 0 saturated carbocycles. The van der Waals surface area contributed by atoms with Gasteiger partial charge in [-0.1, -0.05) is 0 Å². The zero-order chi connectivity index (χ0) is 11.8. The molecule has 0 unspecified atom stereocenters. The first-order valence-corrected chi connectivity index (χ1v) is 4.22. The molecule has 0 spiro atoms. The van der Waals surface area contributed by atoms with Gasteiger partial charge in [-0.05, 0) is 6.08 Å². The fourth-order valence-corrected chi connectivity index (χ4v) is 1.27. The molecule has 1 aromatic rings. The monoisotopic (exact) mass is 233 g/mol. The molecule has 0 atom stereocenters. The molecule has 0 bridgehead atoms. The summed E-state index contributed by atoms with van der Waals surface area (Å²) < 4.78 is 38.6. The molecule has 5 nitrogen and oxygen atoms in total. The second kappa shape index (κ2) is 3.54. The molecule has 1 aliphatic rings. The number of fused-ring (bicyclic) bond motifs is 1. The lowest BCUT2D eigenvalue weighted by atomic mass is 10.2. The number of ether oxygens (including phenoxy) is 1. The van der Waals surface area contributed by atoms with E-state index in [-0.39, 0.29) is 6.54 Å². The first-order valence-electron chi connectivity index (χ1n) is 4.22. The number of carbonyl (C=O) groups is 1. The average Bonchev–Trinajstić information content (AvgIpc) is 2.61. The fourth-order valence-electron chi connectivity index (χ4n) is 1.27. The lowest BCUT2D eigenvalue weighted by Crippen LogP contribution is -2.32. The Morgan fingerprint density at radius 1 is 1.56 bits per heavy atom. The topological polar surface area (TPSA) is 58.2 Å². The smallest absolute Gasteiger partial charge is 0.356 e. The molecule has 0 fully saturated rings. The molecule has 86 valence electrons. The second-order valence-corrected chi connectivity index (χ2v) is 3.02. The van der Waals surface area contributed by atoms with Gasteiger partial charge in [0.25, 0.3) is 0 Å². The van der Waals surface area contributed by atoms with Crippen molar-refractivity contribution in [1.29, 1.82) is 0 Å². The molecule has 8 heteroatoms. The van der Waals surface area contributed by atoms with Crippen molar-refractivity contribution in [1.82, 2.24) is 14.9 Å². The Kier molecular flexibility index (Phi) is 2.33. The summed E-state index contributed by atoms with van der Waals surface area (Å²) in [7, 11) is 0. The molecule has 16 heavy (non-hydrogen) atoms. The number of H-pyrrole nitrogens is 1. The highest BCUT2D eigenvalue weighted by atomic mass is 19.4. The van der Waals surface area contributed by atoms with Gasteiger partial charge in [-0.15, -0.1) is 13.2 Å².